The minimum absolute atomic E-state index is 0.103. The molecule has 0 heterocycles. The van der Waals surface area contributed by atoms with Crippen LogP contribution in [-0.2, 0) is 6.42 Å². The molecule has 0 atom stereocenters. The molecule has 1 aliphatic carbocycles. The van der Waals surface area contributed by atoms with Crippen molar-refractivity contribution >= 4 is 0 Å². The van der Waals surface area contributed by atoms with Gasteiger partial charge < -0.3 is 14.6 Å². The van der Waals surface area contributed by atoms with Crippen molar-refractivity contribution in [3.05, 3.63) is 23.5 Å². The van der Waals surface area contributed by atoms with Gasteiger partial charge in [-0.3, -0.25) is 0 Å². The molecule has 1 aliphatic rings. The Balaban J connectivity index is 2.38. The molecule has 0 spiro atoms. The summed E-state index contributed by atoms with van der Waals surface area (Å²) in [5.74, 6) is 0.448. The molecule has 1 saturated carbocycles. The second-order valence-electron chi connectivity index (χ2n) is 4.60. The van der Waals surface area contributed by atoms with Gasteiger partial charge in [-0.25, -0.2) is 4.39 Å². The van der Waals surface area contributed by atoms with Crippen molar-refractivity contribution in [2.45, 2.75) is 19.3 Å². The zero-order valence-electron chi connectivity index (χ0n) is 10.1. The average molecular weight is 240 g/mol. The lowest BCUT2D eigenvalue weighted by Gasteiger charge is -2.18. The van der Waals surface area contributed by atoms with Gasteiger partial charge in [-0.05, 0) is 36.8 Å². The molecule has 0 unspecified atom stereocenters. The van der Waals surface area contributed by atoms with Gasteiger partial charge >= 0.3 is 0 Å². The lowest BCUT2D eigenvalue weighted by atomic mass is 9.96. The van der Waals surface area contributed by atoms with Crippen LogP contribution in [0.15, 0.2) is 12.1 Å². The molecule has 0 radical (unpaired) electrons. The molecule has 1 aromatic rings. The van der Waals surface area contributed by atoms with Crippen molar-refractivity contribution in [2.75, 3.05) is 20.8 Å². The average Bonchev–Trinajstić information content (AvgIpc) is 3.10. The highest BCUT2D eigenvalue weighted by molar-refractivity contribution is 5.47. The highest BCUT2D eigenvalue weighted by Crippen LogP contribution is 2.50. The van der Waals surface area contributed by atoms with Gasteiger partial charge in [0, 0.05) is 12.2 Å². The number of methoxy groups -OCH3 is 2. The first-order chi connectivity index (χ1) is 8.15. The van der Waals surface area contributed by atoms with Crippen molar-refractivity contribution in [3.8, 4) is 11.5 Å². The number of hydrogen-bond acceptors (Lipinski definition) is 3. The summed E-state index contributed by atoms with van der Waals surface area (Å²) in [5, 5.41) is 9.34. The van der Waals surface area contributed by atoms with E-state index >= 15 is 0 Å². The van der Waals surface area contributed by atoms with E-state index in [0.717, 1.165) is 12.8 Å². The Kier molecular flexibility index (Phi) is 3.24. The molecule has 17 heavy (non-hydrogen) atoms. The SMILES string of the molecule is COc1ccc(F)c(OC)c1CC1(CO)CC1. The van der Waals surface area contributed by atoms with Crippen molar-refractivity contribution in [3.63, 3.8) is 0 Å². The fourth-order valence-electron chi connectivity index (χ4n) is 2.10. The maximum Gasteiger partial charge on any atom is 0.165 e. The molecule has 3 nitrogen and oxygen atoms in total. The Morgan fingerprint density at radius 2 is 2.00 bits per heavy atom. The molecule has 0 aromatic heterocycles. The van der Waals surface area contributed by atoms with Crippen LogP contribution in [0.25, 0.3) is 0 Å². The minimum atomic E-state index is -0.392. The summed E-state index contributed by atoms with van der Waals surface area (Å²) in [7, 11) is 2.99. The first-order valence-electron chi connectivity index (χ1n) is 5.66. The van der Waals surface area contributed by atoms with E-state index in [9.17, 15) is 9.50 Å². The van der Waals surface area contributed by atoms with Crippen LogP contribution in [0.2, 0.25) is 0 Å². The van der Waals surface area contributed by atoms with Crippen LogP contribution in [0, 0.1) is 11.2 Å². The molecule has 2 rings (SSSR count). The third-order valence-electron chi connectivity index (χ3n) is 3.44. The fourth-order valence-corrected chi connectivity index (χ4v) is 2.10. The molecule has 0 bridgehead atoms. The fraction of sp³-hybridized carbons (Fsp3) is 0.538. The van der Waals surface area contributed by atoms with Crippen LogP contribution >= 0.6 is 0 Å². The van der Waals surface area contributed by atoms with E-state index in [-0.39, 0.29) is 17.8 Å². The number of ether oxygens (including phenoxy) is 2. The molecule has 0 saturated heterocycles. The molecule has 0 aliphatic heterocycles. The third-order valence-corrected chi connectivity index (χ3v) is 3.44. The van der Waals surface area contributed by atoms with Gasteiger partial charge in [0.15, 0.2) is 11.6 Å². The van der Waals surface area contributed by atoms with Crippen LogP contribution in [0.1, 0.15) is 18.4 Å². The molecule has 4 heteroatoms. The largest absolute Gasteiger partial charge is 0.496 e. The standard InChI is InChI=1S/C13H17FO3/c1-16-11-4-3-10(14)12(17-2)9(11)7-13(8-15)5-6-13/h3-4,15H,5-8H2,1-2H3. The van der Waals surface area contributed by atoms with Crippen molar-refractivity contribution in [2.24, 2.45) is 5.41 Å². The summed E-state index contributed by atoms with van der Waals surface area (Å²) in [6.07, 6.45) is 2.52. The monoisotopic (exact) mass is 240 g/mol. The van der Waals surface area contributed by atoms with Gasteiger partial charge in [0.25, 0.3) is 0 Å². The van der Waals surface area contributed by atoms with Gasteiger partial charge in [0.1, 0.15) is 5.75 Å². The smallest absolute Gasteiger partial charge is 0.165 e. The van der Waals surface area contributed by atoms with E-state index in [1.165, 1.54) is 13.2 Å². The third kappa shape index (κ3) is 2.22. The highest BCUT2D eigenvalue weighted by Gasteiger charge is 2.43. The number of halogens is 1. The van der Waals surface area contributed by atoms with Crippen LogP contribution in [0.4, 0.5) is 4.39 Å². The van der Waals surface area contributed by atoms with Gasteiger partial charge in [0.05, 0.1) is 14.2 Å². The van der Waals surface area contributed by atoms with E-state index < -0.39 is 5.82 Å². The van der Waals surface area contributed by atoms with Crippen LogP contribution in [0.5, 0.6) is 11.5 Å². The van der Waals surface area contributed by atoms with E-state index in [1.807, 2.05) is 0 Å². The molecule has 94 valence electrons. The molecule has 1 N–H and O–H groups in total. The lowest BCUT2D eigenvalue weighted by Crippen LogP contribution is -2.12. The maximum atomic E-state index is 13.6. The summed E-state index contributed by atoms with van der Waals surface area (Å²) in [6.45, 7) is 0.121. The van der Waals surface area contributed by atoms with Gasteiger partial charge in [-0.1, -0.05) is 0 Å². The van der Waals surface area contributed by atoms with E-state index in [4.69, 9.17) is 9.47 Å². The van der Waals surface area contributed by atoms with E-state index in [1.54, 1.807) is 13.2 Å². The lowest BCUT2D eigenvalue weighted by molar-refractivity contribution is 0.208. The molecule has 1 fully saturated rings. The Labute approximate surface area is 100 Å². The quantitative estimate of drug-likeness (QED) is 0.857. The zero-order chi connectivity index (χ0) is 12.5. The predicted molar refractivity (Wildman–Crippen MR) is 62.0 cm³/mol. The Morgan fingerprint density at radius 3 is 2.47 bits per heavy atom. The number of benzene rings is 1. The zero-order valence-corrected chi connectivity index (χ0v) is 10.1. The summed E-state index contributed by atoms with van der Waals surface area (Å²) >= 11 is 0. The number of rotatable bonds is 5. The van der Waals surface area contributed by atoms with E-state index in [0.29, 0.717) is 17.7 Å². The highest BCUT2D eigenvalue weighted by atomic mass is 19.1. The number of aliphatic hydroxyl groups is 1. The molecule has 1 aromatic carbocycles. The van der Waals surface area contributed by atoms with Crippen molar-refractivity contribution < 1.29 is 19.0 Å². The Hall–Kier alpha value is -1.29. The second-order valence-corrected chi connectivity index (χ2v) is 4.60. The summed E-state index contributed by atoms with van der Waals surface area (Å²) in [6, 6.07) is 2.93. The normalized spacial score (nSPS) is 16.7. The van der Waals surface area contributed by atoms with Crippen molar-refractivity contribution in [1.82, 2.24) is 0 Å². The second kappa shape index (κ2) is 4.53. The Morgan fingerprint density at radius 1 is 1.29 bits per heavy atom. The first-order valence-corrected chi connectivity index (χ1v) is 5.66. The predicted octanol–water partition coefficient (Wildman–Crippen LogP) is 2.16. The number of hydrogen-bond donors (Lipinski definition) is 1. The van der Waals surface area contributed by atoms with Crippen LogP contribution in [-0.4, -0.2) is 25.9 Å². The van der Waals surface area contributed by atoms with E-state index in [2.05, 4.69) is 0 Å². The summed E-state index contributed by atoms with van der Waals surface area (Å²) < 4.78 is 24.0. The summed E-state index contributed by atoms with van der Waals surface area (Å²) in [5.41, 5.74) is 0.607. The first kappa shape index (κ1) is 12.2. The summed E-state index contributed by atoms with van der Waals surface area (Å²) in [4.78, 5) is 0. The maximum absolute atomic E-state index is 13.6. The number of aliphatic hydroxyl groups excluding tert-OH is 1. The minimum Gasteiger partial charge on any atom is -0.496 e. The molecular weight excluding hydrogens is 223 g/mol. The van der Waals surface area contributed by atoms with Gasteiger partial charge in [0.2, 0.25) is 0 Å². The Bertz CT molecular complexity index is 413. The van der Waals surface area contributed by atoms with Crippen LogP contribution in [0.3, 0.4) is 0 Å². The van der Waals surface area contributed by atoms with Gasteiger partial charge in [-0.2, -0.15) is 0 Å². The van der Waals surface area contributed by atoms with Crippen molar-refractivity contribution in [1.29, 1.82) is 0 Å². The van der Waals surface area contributed by atoms with Crippen LogP contribution < -0.4 is 9.47 Å². The molecule has 0 amide bonds. The topological polar surface area (TPSA) is 38.7 Å². The molecular formula is C13H17FO3. The van der Waals surface area contributed by atoms with Gasteiger partial charge in [-0.15, -0.1) is 0 Å².